The first kappa shape index (κ1) is 23.5. The number of benzene rings is 2. The molecule has 182 valence electrons. The zero-order valence-corrected chi connectivity index (χ0v) is 21.1. The van der Waals surface area contributed by atoms with Crippen molar-refractivity contribution in [2.75, 3.05) is 0 Å². The van der Waals surface area contributed by atoms with Crippen LogP contribution in [0.2, 0.25) is 0 Å². The summed E-state index contributed by atoms with van der Waals surface area (Å²) in [5.74, 6) is -0.243. The largest absolute Gasteiger partial charge is 0.313 e. The van der Waals surface area contributed by atoms with E-state index < -0.39 is 0 Å². The van der Waals surface area contributed by atoms with Gasteiger partial charge in [-0.15, -0.1) is 11.3 Å². The van der Waals surface area contributed by atoms with Gasteiger partial charge in [0.1, 0.15) is 5.82 Å². The molecular weight excluding hydrogens is 459 g/mol. The van der Waals surface area contributed by atoms with Crippen molar-refractivity contribution in [3.05, 3.63) is 86.6 Å². The second kappa shape index (κ2) is 10.2. The maximum Gasteiger partial charge on any atom is 0.297 e. The fourth-order valence-electron chi connectivity index (χ4n) is 5.06. The second-order valence-corrected chi connectivity index (χ2v) is 10.1. The van der Waals surface area contributed by atoms with E-state index in [2.05, 4.69) is 9.95 Å². The molecule has 0 atom stereocenters. The van der Waals surface area contributed by atoms with Crippen LogP contribution in [0.15, 0.2) is 69.8 Å². The van der Waals surface area contributed by atoms with E-state index in [-0.39, 0.29) is 11.4 Å². The van der Waals surface area contributed by atoms with Gasteiger partial charge in [0.25, 0.3) is 5.56 Å². The highest BCUT2D eigenvalue weighted by atomic mass is 32.1. The van der Waals surface area contributed by atoms with Crippen LogP contribution in [0.25, 0.3) is 16.9 Å². The first-order chi connectivity index (χ1) is 17.0. The van der Waals surface area contributed by atoms with E-state index >= 15 is 0 Å². The molecule has 35 heavy (non-hydrogen) atoms. The lowest BCUT2D eigenvalue weighted by Crippen LogP contribution is -2.23. The molecule has 1 aliphatic rings. The summed E-state index contributed by atoms with van der Waals surface area (Å²) in [7, 11) is 1.89. The van der Waals surface area contributed by atoms with Gasteiger partial charge in [-0.2, -0.15) is 0 Å². The van der Waals surface area contributed by atoms with Gasteiger partial charge in [0.2, 0.25) is 0 Å². The molecule has 2 aromatic heterocycles. The summed E-state index contributed by atoms with van der Waals surface area (Å²) in [5.41, 5.74) is 3.98. The number of rotatable bonds is 4. The lowest BCUT2D eigenvalue weighted by atomic mass is 9.96. The van der Waals surface area contributed by atoms with Crippen molar-refractivity contribution in [2.45, 2.75) is 57.9 Å². The quantitative estimate of drug-likeness (QED) is 0.315. The molecule has 0 bridgehead atoms. The van der Waals surface area contributed by atoms with Crippen LogP contribution in [-0.2, 0) is 7.05 Å². The van der Waals surface area contributed by atoms with Gasteiger partial charge in [-0.25, -0.2) is 14.1 Å². The van der Waals surface area contributed by atoms with Gasteiger partial charge >= 0.3 is 0 Å². The van der Waals surface area contributed by atoms with Gasteiger partial charge in [0.05, 0.1) is 17.1 Å². The molecule has 0 aliphatic heterocycles. The van der Waals surface area contributed by atoms with Gasteiger partial charge in [0, 0.05) is 18.5 Å². The molecule has 0 saturated heterocycles. The number of para-hydroxylation sites is 1. The van der Waals surface area contributed by atoms with Crippen LogP contribution in [0.4, 0.5) is 10.1 Å². The van der Waals surface area contributed by atoms with Crippen LogP contribution >= 0.6 is 11.3 Å². The van der Waals surface area contributed by atoms with Gasteiger partial charge in [0.15, 0.2) is 10.5 Å². The average Bonchev–Trinajstić information content (AvgIpc) is 3.35. The molecule has 4 aromatic rings. The van der Waals surface area contributed by atoms with Crippen molar-refractivity contribution in [1.82, 2.24) is 13.9 Å². The highest BCUT2D eigenvalue weighted by molar-refractivity contribution is 7.07. The molecule has 0 amide bonds. The smallest absolute Gasteiger partial charge is 0.297 e. The van der Waals surface area contributed by atoms with Crippen molar-refractivity contribution in [2.24, 2.45) is 12.0 Å². The van der Waals surface area contributed by atoms with Crippen molar-refractivity contribution in [3.63, 3.8) is 0 Å². The predicted molar refractivity (Wildman–Crippen MR) is 140 cm³/mol. The molecule has 5 nitrogen and oxygen atoms in total. The van der Waals surface area contributed by atoms with Gasteiger partial charge in [-0.3, -0.25) is 9.48 Å². The van der Waals surface area contributed by atoms with Crippen molar-refractivity contribution in [3.8, 4) is 16.9 Å². The van der Waals surface area contributed by atoms with E-state index in [1.807, 2.05) is 61.1 Å². The Morgan fingerprint density at radius 2 is 1.60 bits per heavy atom. The SMILES string of the molecule is Cc1c(N=c2scc(-c3ccc(F)cc3)n2C2CCCCCCC2)c(=O)n(-c2ccccc2)n1C. The molecule has 2 aromatic carbocycles. The minimum atomic E-state index is -0.243. The summed E-state index contributed by atoms with van der Waals surface area (Å²) in [4.78, 5) is 19.3. The molecule has 0 unspecified atom stereocenters. The Kier molecular flexibility index (Phi) is 6.86. The Labute approximate surface area is 208 Å². The zero-order chi connectivity index (χ0) is 24.4. The Morgan fingerprint density at radius 3 is 2.29 bits per heavy atom. The Bertz CT molecular complexity index is 1420. The van der Waals surface area contributed by atoms with Gasteiger partial charge in [-0.05, 0) is 61.7 Å². The molecule has 7 heteroatoms. The molecular formula is C28H31FN4OS. The van der Waals surface area contributed by atoms with Crippen LogP contribution in [0.5, 0.6) is 0 Å². The standard InChI is InChI=1S/C28H31FN4OS/c1-20-26(27(34)33(31(20)2)24-13-9-6-10-14-24)30-28-32(23-11-7-4-3-5-8-12-23)25(19-35-28)21-15-17-22(29)18-16-21/h6,9-10,13-19,23H,3-5,7-8,11-12H2,1-2H3. The summed E-state index contributed by atoms with van der Waals surface area (Å²) in [6.45, 7) is 1.94. The first-order valence-electron chi connectivity index (χ1n) is 12.4. The fourth-order valence-corrected chi connectivity index (χ4v) is 6.03. The third-order valence-electron chi connectivity index (χ3n) is 7.05. The van der Waals surface area contributed by atoms with Crippen LogP contribution in [0, 0.1) is 12.7 Å². The summed E-state index contributed by atoms with van der Waals surface area (Å²) in [6.07, 6.45) is 8.33. The first-order valence-corrected chi connectivity index (χ1v) is 13.3. The average molecular weight is 491 g/mol. The summed E-state index contributed by atoms with van der Waals surface area (Å²) in [5, 5.41) is 2.10. The molecule has 1 aliphatic carbocycles. The number of hydrogen-bond donors (Lipinski definition) is 0. The Morgan fingerprint density at radius 1 is 0.943 bits per heavy atom. The normalized spacial score (nSPS) is 15.8. The molecule has 2 heterocycles. The van der Waals surface area contributed by atoms with E-state index in [0.29, 0.717) is 11.7 Å². The monoisotopic (exact) mass is 490 g/mol. The van der Waals surface area contributed by atoms with Crippen molar-refractivity contribution in [1.29, 1.82) is 0 Å². The van der Waals surface area contributed by atoms with E-state index in [9.17, 15) is 9.18 Å². The number of halogens is 1. The topological polar surface area (TPSA) is 44.2 Å². The van der Waals surface area contributed by atoms with Crippen LogP contribution in [0.3, 0.4) is 0 Å². The second-order valence-electron chi connectivity index (χ2n) is 9.30. The number of aromatic nitrogens is 3. The highest BCUT2D eigenvalue weighted by Gasteiger charge is 2.21. The Balaban J connectivity index is 1.68. The predicted octanol–water partition coefficient (Wildman–Crippen LogP) is 6.67. The van der Waals surface area contributed by atoms with E-state index in [0.717, 1.165) is 40.3 Å². The van der Waals surface area contributed by atoms with E-state index in [4.69, 9.17) is 4.99 Å². The van der Waals surface area contributed by atoms with Crippen LogP contribution < -0.4 is 10.4 Å². The molecule has 0 spiro atoms. The number of thiazole rings is 1. The van der Waals surface area contributed by atoms with Gasteiger partial charge < -0.3 is 4.57 Å². The lowest BCUT2D eigenvalue weighted by molar-refractivity contribution is 0.369. The van der Waals surface area contributed by atoms with Crippen molar-refractivity contribution < 1.29 is 4.39 Å². The molecule has 1 saturated carbocycles. The third-order valence-corrected chi connectivity index (χ3v) is 7.89. The molecule has 5 rings (SSSR count). The molecule has 1 fully saturated rings. The van der Waals surface area contributed by atoms with Crippen LogP contribution in [-0.4, -0.2) is 13.9 Å². The maximum absolute atomic E-state index is 13.7. The minimum absolute atomic E-state index is 0.128. The summed E-state index contributed by atoms with van der Waals surface area (Å²) in [6, 6.07) is 16.6. The number of nitrogens with zero attached hydrogens (tertiary/aromatic N) is 4. The zero-order valence-electron chi connectivity index (χ0n) is 20.3. The minimum Gasteiger partial charge on any atom is -0.313 e. The van der Waals surface area contributed by atoms with Crippen molar-refractivity contribution >= 4 is 17.0 Å². The maximum atomic E-state index is 13.7. The summed E-state index contributed by atoms with van der Waals surface area (Å²) >= 11 is 1.55. The van der Waals surface area contributed by atoms with Crippen LogP contribution in [0.1, 0.15) is 56.7 Å². The molecule has 0 N–H and O–H groups in total. The summed E-state index contributed by atoms with van der Waals surface area (Å²) < 4.78 is 19.5. The van der Waals surface area contributed by atoms with E-state index in [1.54, 1.807) is 16.0 Å². The molecule has 0 radical (unpaired) electrons. The third kappa shape index (κ3) is 4.69. The fraction of sp³-hybridized carbons (Fsp3) is 0.357. The Hall–Kier alpha value is -3.19. The highest BCUT2D eigenvalue weighted by Crippen LogP contribution is 2.31. The van der Waals surface area contributed by atoms with Gasteiger partial charge in [-0.1, -0.05) is 50.3 Å². The number of hydrogen-bond acceptors (Lipinski definition) is 3. The van der Waals surface area contributed by atoms with E-state index in [1.165, 1.54) is 44.2 Å². The lowest BCUT2D eigenvalue weighted by Gasteiger charge is -2.23.